The van der Waals surface area contributed by atoms with Gasteiger partial charge in [0, 0.05) is 31.7 Å². The molecule has 114 valence electrons. The minimum absolute atomic E-state index is 0.137. The molecule has 0 fully saturated rings. The highest BCUT2D eigenvalue weighted by Crippen LogP contribution is 2.20. The van der Waals surface area contributed by atoms with Crippen LogP contribution in [0.25, 0.3) is 0 Å². The topological polar surface area (TPSA) is 64.7 Å². The largest absolute Gasteiger partial charge is 0.340 e. The van der Waals surface area contributed by atoms with E-state index < -0.39 is 0 Å². The van der Waals surface area contributed by atoms with Gasteiger partial charge in [0.1, 0.15) is 11.5 Å². The lowest BCUT2D eigenvalue weighted by Crippen LogP contribution is -2.33. The van der Waals surface area contributed by atoms with Gasteiger partial charge in [-0.2, -0.15) is 5.10 Å². The maximum Gasteiger partial charge on any atom is 0.272 e. The average molecular weight is 289 g/mol. The number of carbonyl (C=O) groups excluding carboxylic acids is 1. The minimum atomic E-state index is -0.170. The number of nitrogens with one attached hydrogen (secondary N) is 1. The van der Waals surface area contributed by atoms with Gasteiger partial charge in [-0.3, -0.25) is 9.48 Å². The molecule has 0 saturated heterocycles. The Morgan fingerprint density at radius 2 is 1.95 bits per heavy atom. The van der Waals surface area contributed by atoms with Gasteiger partial charge >= 0.3 is 0 Å². The molecule has 1 amide bonds. The van der Waals surface area contributed by atoms with E-state index in [0.29, 0.717) is 5.69 Å². The second-order valence-corrected chi connectivity index (χ2v) is 5.87. The van der Waals surface area contributed by atoms with Crippen LogP contribution >= 0.6 is 0 Å². The number of aryl methyl sites for hydroxylation is 1. The van der Waals surface area contributed by atoms with E-state index in [1.807, 2.05) is 37.9 Å². The van der Waals surface area contributed by atoms with Crippen molar-refractivity contribution < 1.29 is 4.79 Å². The summed E-state index contributed by atoms with van der Waals surface area (Å²) in [6.45, 7) is 8.18. The Hall–Kier alpha value is -2.11. The van der Waals surface area contributed by atoms with E-state index in [9.17, 15) is 4.79 Å². The van der Waals surface area contributed by atoms with E-state index in [0.717, 1.165) is 5.82 Å². The van der Waals surface area contributed by atoms with E-state index in [1.165, 1.54) is 0 Å². The van der Waals surface area contributed by atoms with Crippen molar-refractivity contribution in [2.75, 3.05) is 0 Å². The summed E-state index contributed by atoms with van der Waals surface area (Å²) in [4.78, 5) is 16.7. The number of rotatable bonds is 5. The quantitative estimate of drug-likeness (QED) is 0.918. The Balaban J connectivity index is 2.17. The normalized spacial score (nSPS) is 12.9. The monoisotopic (exact) mass is 289 g/mol. The van der Waals surface area contributed by atoms with Crippen LogP contribution in [0.1, 0.15) is 56.1 Å². The fourth-order valence-electron chi connectivity index (χ4n) is 2.17. The van der Waals surface area contributed by atoms with Crippen molar-refractivity contribution >= 4 is 5.91 Å². The van der Waals surface area contributed by atoms with Crippen LogP contribution in [0.4, 0.5) is 0 Å². The SMILES string of the molecule is CC(C)[C@H](NC(=O)c1ccn(C(C)C)n1)c1nccn1C. The van der Waals surface area contributed by atoms with E-state index in [-0.39, 0.29) is 23.9 Å². The molecule has 0 spiro atoms. The molecule has 1 atom stereocenters. The van der Waals surface area contributed by atoms with Gasteiger partial charge in [-0.1, -0.05) is 13.8 Å². The van der Waals surface area contributed by atoms with Crippen LogP contribution in [0, 0.1) is 5.92 Å². The zero-order chi connectivity index (χ0) is 15.6. The highest BCUT2D eigenvalue weighted by molar-refractivity contribution is 5.92. The van der Waals surface area contributed by atoms with Crippen molar-refractivity contribution in [1.82, 2.24) is 24.6 Å². The van der Waals surface area contributed by atoms with Crippen LogP contribution in [0.2, 0.25) is 0 Å². The third-order valence-corrected chi connectivity index (χ3v) is 3.46. The number of hydrogen-bond donors (Lipinski definition) is 1. The van der Waals surface area contributed by atoms with E-state index in [4.69, 9.17) is 0 Å². The standard InChI is InChI=1S/C15H23N5O/c1-10(2)13(14-16-7-9-19(14)5)17-15(21)12-6-8-20(18-12)11(3)4/h6-11,13H,1-5H3,(H,17,21)/t13-/m0/s1. The Morgan fingerprint density at radius 1 is 1.24 bits per heavy atom. The van der Waals surface area contributed by atoms with E-state index in [2.05, 4.69) is 29.2 Å². The number of imidazole rings is 1. The minimum Gasteiger partial charge on any atom is -0.340 e. The van der Waals surface area contributed by atoms with Crippen molar-refractivity contribution in [3.8, 4) is 0 Å². The van der Waals surface area contributed by atoms with Crippen molar-refractivity contribution in [2.45, 2.75) is 39.8 Å². The van der Waals surface area contributed by atoms with Gasteiger partial charge < -0.3 is 9.88 Å². The van der Waals surface area contributed by atoms with Gasteiger partial charge in [-0.05, 0) is 25.8 Å². The van der Waals surface area contributed by atoms with Gasteiger partial charge in [0.05, 0.1) is 6.04 Å². The van der Waals surface area contributed by atoms with Crippen molar-refractivity contribution in [3.63, 3.8) is 0 Å². The van der Waals surface area contributed by atoms with E-state index >= 15 is 0 Å². The zero-order valence-electron chi connectivity index (χ0n) is 13.2. The van der Waals surface area contributed by atoms with Crippen molar-refractivity contribution in [3.05, 3.63) is 36.2 Å². The first-order chi connectivity index (χ1) is 9.90. The molecule has 0 unspecified atom stereocenters. The summed E-state index contributed by atoms with van der Waals surface area (Å²) in [6, 6.07) is 1.84. The van der Waals surface area contributed by atoms with Gasteiger partial charge in [-0.25, -0.2) is 4.98 Å². The molecule has 2 heterocycles. The van der Waals surface area contributed by atoms with Crippen LogP contribution in [-0.2, 0) is 7.05 Å². The predicted molar refractivity (Wildman–Crippen MR) is 80.9 cm³/mol. The molecule has 2 rings (SSSR count). The van der Waals surface area contributed by atoms with E-state index in [1.54, 1.807) is 16.9 Å². The number of aromatic nitrogens is 4. The molecule has 2 aromatic rings. The molecular weight excluding hydrogens is 266 g/mol. The Kier molecular flexibility index (Phi) is 4.45. The number of amides is 1. The molecule has 0 aliphatic rings. The number of nitrogens with zero attached hydrogens (tertiary/aromatic N) is 4. The molecule has 0 aromatic carbocycles. The zero-order valence-corrected chi connectivity index (χ0v) is 13.2. The lowest BCUT2D eigenvalue weighted by Gasteiger charge is -2.21. The fourth-order valence-corrected chi connectivity index (χ4v) is 2.17. The second kappa shape index (κ2) is 6.11. The summed E-state index contributed by atoms with van der Waals surface area (Å²) in [7, 11) is 1.93. The molecule has 21 heavy (non-hydrogen) atoms. The average Bonchev–Trinajstić information content (AvgIpc) is 3.04. The van der Waals surface area contributed by atoms with Crippen LogP contribution in [0.5, 0.6) is 0 Å². The van der Waals surface area contributed by atoms with Crippen molar-refractivity contribution in [1.29, 1.82) is 0 Å². The molecular formula is C15H23N5O. The molecule has 6 heteroatoms. The van der Waals surface area contributed by atoms with Gasteiger partial charge in [0.15, 0.2) is 0 Å². The van der Waals surface area contributed by atoms with Crippen molar-refractivity contribution in [2.24, 2.45) is 13.0 Å². The molecule has 1 N–H and O–H groups in total. The molecule has 0 saturated carbocycles. The molecule has 0 aliphatic carbocycles. The molecule has 6 nitrogen and oxygen atoms in total. The summed E-state index contributed by atoms with van der Waals surface area (Å²) in [5.41, 5.74) is 0.434. The smallest absolute Gasteiger partial charge is 0.272 e. The van der Waals surface area contributed by atoms with Gasteiger partial charge in [-0.15, -0.1) is 0 Å². The third-order valence-electron chi connectivity index (χ3n) is 3.46. The lowest BCUT2D eigenvalue weighted by atomic mass is 10.0. The first-order valence-corrected chi connectivity index (χ1v) is 7.23. The Bertz CT molecular complexity index is 611. The molecule has 0 radical (unpaired) electrons. The summed E-state index contributed by atoms with van der Waals surface area (Å²) < 4.78 is 3.71. The Morgan fingerprint density at radius 3 is 2.43 bits per heavy atom. The van der Waals surface area contributed by atoms with Gasteiger partial charge in [0.25, 0.3) is 5.91 Å². The summed E-state index contributed by atoms with van der Waals surface area (Å²) in [6.07, 6.45) is 5.44. The maximum atomic E-state index is 12.4. The molecule has 0 bridgehead atoms. The highest BCUT2D eigenvalue weighted by Gasteiger charge is 2.23. The number of carbonyl (C=O) groups is 1. The Labute approximate surface area is 125 Å². The highest BCUT2D eigenvalue weighted by atomic mass is 16.2. The fraction of sp³-hybridized carbons (Fsp3) is 0.533. The first-order valence-electron chi connectivity index (χ1n) is 7.23. The van der Waals surface area contributed by atoms with Crippen LogP contribution in [0.15, 0.2) is 24.7 Å². The van der Waals surface area contributed by atoms with Crippen LogP contribution < -0.4 is 5.32 Å². The number of hydrogen-bond acceptors (Lipinski definition) is 3. The van der Waals surface area contributed by atoms with Crippen LogP contribution in [0.3, 0.4) is 0 Å². The second-order valence-electron chi connectivity index (χ2n) is 5.87. The third kappa shape index (κ3) is 3.32. The first kappa shape index (κ1) is 15.3. The summed E-state index contributed by atoms with van der Waals surface area (Å²) in [5, 5.41) is 7.33. The van der Waals surface area contributed by atoms with Gasteiger partial charge in [0.2, 0.25) is 0 Å². The lowest BCUT2D eigenvalue weighted by molar-refractivity contribution is 0.0916. The molecule has 2 aromatic heterocycles. The van der Waals surface area contributed by atoms with Crippen LogP contribution in [-0.4, -0.2) is 25.2 Å². The molecule has 0 aliphatic heterocycles. The summed E-state index contributed by atoms with van der Waals surface area (Å²) >= 11 is 0. The predicted octanol–water partition coefficient (Wildman–Crippen LogP) is 2.32. The summed E-state index contributed by atoms with van der Waals surface area (Å²) in [5.74, 6) is 0.917. The maximum absolute atomic E-state index is 12.4.